The maximum Gasteiger partial charge on any atom is 0.240 e. The summed E-state index contributed by atoms with van der Waals surface area (Å²) in [6.45, 7) is 0. The van der Waals surface area contributed by atoms with Crippen LogP contribution in [0.5, 0.6) is 0 Å². The molecule has 0 saturated heterocycles. The molecule has 15 heavy (non-hydrogen) atoms. The lowest BCUT2D eigenvalue weighted by molar-refractivity contribution is 0.102. The van der Waals surface area contributed by atoms with Crippen LogP contribution in [0.3, 0.4) is 0 Å². The van der Waals surface area contributed by atoms with Crippen molar-refractivity contribution in [1.29, 1.82) is 0 Å². The van der Waals surface area contributed by atoms with E-state index >= 15 is 0 Å². The molecular weight excluding hydrogens is 226 g/mol. The molecule has 78 valence electrons. The summed E-state index contributed by atoms with van der Waals surface area (Å²) in [6, 6.07) is 7.86. The standard InChI is InChI=1S/C11H12NOS2/c1-15(2)7-9(13)11-12-8-5-3-4-6-10(8)14-11/h3-6H,7H2,1-2H3/q+1. The van der Waals surface area contributed by atoms with Gasteiger partial charge in [0.2, 0.25) is 5.78 Å². The predicted octanol–water partition coefficient (Wildman–Crippen LogP) is 2.36. The minimum atomic E-state index is 0.149. The monoisotopic (exact) mass is 238 g/mol. The molecule has 2 aromatic rings. The van der Waals surface area contributed by atoms with Gasteiger partial charge in [0.1, 0.15) is 0 Å². The van der Waals surface area contributed by atoms with Crippen LogP contribution in [0, 0.1) is 0 Å². The highest BCUT2D eigenvalue weighted by atomic mass is 32.2. The fraction of sp³-hybridized carbons (Fsp3) is 0.273. The second kappa shape index (κ2) is 4.33. The summed E-state index contributed by atoms with van der Waals surface area (Å²) in [7, 11) is 0.149. The van der Waals surface area contributed by atoms with Crippen LogP contribution in [0.1, 0.15) is 9.80 Å². The van der Waals surface area contributed by atoms with Gasteiger partial charge in [-0.3, -0.25) is 4.79 Å². The van der Waals surface area contributed by atoms with Gasteiger partial charge in [0.15, 0.2) is 10.8 Å². The molecule has 0 aliphatic carbocycles. The number of nitrogens with zero attached hydrogens (tertiary/aromatic N) is 1. The first kappa shape index (κ1) is 10.6. The molecule has 2 rings (SSSR count). The van der Waals surface area contributed by atoms with Gasteiger partial charge >= 0.3 is 0 Å². The average Bonchev–Trinajstić information content (AvgIpc) is 2.59. The normalized spacial score (nSPS) is 11.1. The molecule has 4 heteroatoms. The minimum Gasteiger partial charge on any atom is -0.286 e. The first-order valence-electron chi connectivity index (χ1n) is 4.60. The fourth-order valence-corrected chi connectivity index (χ4v) is 2.97. The second-order valence-electron chi connectivity index (χ2n) is 3.54. The summed E-state index contributed by atoms with van der Waals surface area (Å²) in [5.41, 5.74) is 0.929. The SMILES string of the molecule is C[S+](C)CC(=O)c1nc2ccccc2s1. The number of hydrogen-bond donors (Lipinski definition) is 0. The van der Waals surface area contributed by atoms with E-state index in [-0.39, 0.29) is 16.7 Å². The third-order valence-electron chi connectivity index (χ3n) is 1.95. The molecule has 1 aromatic carbocycles. The fourth-order valence-electron chi connectivity index (χ4n) is 1.32. The number of thiazole rings is 1. The van der Waals surface area contributed by atoms with Crippen LogP contribution in [-0.4, -0.2) is 29.0 Å². The van der Waals surface area contributed by atoms with E-state index in [2.05, 4.69) is 17.5 Å². The Bertz CT molecular complexity index is 457. The highest BCUT2D eigenvalue weighted by Gasteiger charge is 2.17. The summed E-state index contributed by atoms with van der Waals surface area (Å²) in [4.78, 5) is 16.1. The van der Waals surface area contributed by atoms with E-state index in [0.717, 1.165) is 10.2 Å². The molecule has 0 aliphatic heterocycles. The molecule has 0 fully saturated rings. The van der Waals surface area contributed by atoms with Gasteiger partial charge in [-0.15, -0.1) is 11.3 Å². The van der Waals surface area contributed by atoms with Gasteiger partial charge in [-0.1, -0.05) is 12.1 Å². The van der Waals surface area contributed by atoms with Crippen LogP contribution in [0.15, 0.2) is 24.3 Å². The molecule has 0 radical (unpaired) electrons. The Balaban J connectivity index is 2.32. The van der Waals surface area contributed by atoms with Gasteiger partial charge < -0.3 is 0 Å². The molecule has 0 unspecified atom stereocenters. The molecule has 0 spiro atoms. The topological polar surface area (TPSA) is 30.0 Å². The quantitative estimate of drug-likeness (QED) is 0.607. The van der Waals surface area contributed by atoms with Crippen molar-refractivity contribution in [2.75, 3.05) is 18.3 Å². The van der Waals surface area contributed by atoms with E-state index in [4.69, 9.17) is 0 Å². The molecule has 1 aromatic heterocycles. The molecule has 0 bridgehead atoms. The van der Waals surface area contributed by atoms with Gasteiger partial charge in [-0.25, -0.2) is 4.98 Å². The van der Waals surface area contributed by atoms with Crippen LogP contribution in [0.4, 0.5) is 0 Å². The van der Waals surface area contributed by atoms with E-state index in [1.165, 1.54) is 11.3 Å². The van der Waals surface area contributed by atoms with Crippen molar-refractivity contribution in [3.63, 3.8) is 0 Å². The molecule has 0 amide bonds. The zero-order chi connectivity index (χ0) is 10.8. The molecular formula is C11H12NOS2+. The van der Waals surface area contributed by atoms with Gasteiger partial charge in [0, 0.05) is 0 Å². The number of aromatic nitrogens is 1. The number of benzene rings is 1. The smallest absolute Gasteiger partial charge is 0.240 e. The Hall–Kier alpha value is -0.870. The van der Waals surface area contributed by atoms with Gasteiger partial charge in [0.05, 0.1) is 22.7 Å². The van der Waals surface area contributed by atoms with Crippen molar-refractivity contribution in [1.82, 2.24) is 4.98 Å². The van der Waals surface area contributed by atoms with Crippen molar-refractivity contribution >= 4 is 38.2 Å². The third kappa shape index (κ3) is 2.38. The number of fused-ring (bicyclic) bond motifs is 1. The van der Waals surface area contributed by atoms with E-state index < -0.39 is 0 Å². The van der Waals surface area contributed by atoms with E-state index in [1.807, 2.05) is 24.3 Å². The average molecular weight is 238 g/mol. The molecule has 0 saturated carbocycles. The van der Waals surface area contributed by atoms with E-state index in [9.17, 15) is 4.79 Å². The van der Waals surface area contributed by atoms with Gasteiger partial charge in [0.25, 0.3) is 0 Å². The van der Waals surface area contributed by atoms with Crippen LogP contribution in [-0.2, 0) is 10.9 Å². The number of rotatable bonds is 3. The summed E-state index contributed by atoms with van der Waals surface area (Å²) < 4.78 is 1.09. The number of carbonyl (C=O) groups is 1. The molecule has 2 nitrogen and oxygen atoms in total. The van der Waals surface area contributed by atoms with Crippen molar-refractivity contribution in [3.05, 3.63) is 29.3 Å². The Labute approximate surface area is 95.7 Å². The Morgan fingerprint density at radius 2 is 2.13 bits per heavy atom. The first-order chi connectivity index (χ1) is 7.16. The van der Waals surface area contributed by atoms with E-state index in [1.54, 1.807) is 0 Å². The molecule has 0 atom stereocenters. The Morgan fingerprint density at radius 1 is 1.40 bits per heavy atom. The Morgan fingerprint density at radius 3 is 2.80 bits per heavy atom. The number of carbonyl (C=O) groups excluding carboxylic acids is 1. The number of para-hydroxylation sites is 1. The maximum absolute atomic E-state index is 11.8. The molecule has 0 N–H and O–H groups in total. The number of hydrogen-bond acceptors (Lipinski definition) is 3. The van der Waals surface area contributed by atoms with E-state index in [0.29, 0.717) is 10.8 Å². The van der Waals surface area contributed by atoms with Crippen molar-refractivity contribution in [2.24, 2.45) is 0 Å². The number of Topliss-reactive ketones (excluding diaryl/α,β-unsaturated/α-hetero) is 1. The molecule has 0 aliphatic rings. The minimum absolute atomic E-state index is 0.149. The van der Waals surface area contributed by atoms with Gasteiger partial charge in [-0.05, 0) is 23.0 Å². The third-order valence-corrected chi connectivity index (χ3v) is 3.87. The summed E-state index contributed by atoms with van der Waals surface area (Å²) in [5.74, 6) is 0.782. The highest BCUT2D eigenvalue weighted by molar-refractivity contribution is 7.96. The maximum atomic E-state index is 11.8. The predicted molar refractivity (Wildman–Crippen MR) is 68.0 cm³/mol. The van der Waals surface area contributed by atoms with Crippen molar-refractivity contribution in [2.45, 2.75) is 0 Å². The van der Waals surface area contributed by atoms with Crippen LogP contribution in [0.25, 0.3) is 10.2 Å². The number of ketones is 1. The van der Waals surface area contributed by atoms with Crippen LogP contribution < -0.4 is 0 Å². The van der Waals surface area contributed by atoms with Crippen LogP contribution >= 0.6 is 11.3 Å². The highest BCUT2D eigenvalue weighted by Crippen LogP contribution is 2.21. The lowest BCUT2D eigenvalue weighted by atomic mass is 10.3. The zero-order valence-corrected chi connectivity index (χ0v) is 10.3. The lowest BCUT2D eigenvalue weighted by Crippen LogP contribution is -2.13. The summed E-state index contributed by atoms with van der Waals surface area (Å²) in [6.07, 6.45) is 4.15. The first-order valence-corrected chi connectivity index (χ1v) is 7.62. The Kier molecular flexibility index (Phi) is 3.07. The largest absolute Gasteiger partial charge is 0.286 e. The second-order valence-corrected chi connectivity index (χ2v) is 6.83. The lowest BCUT2D eigenvalue weighted by Gasteiger charge is -1.92. The summed E-state index contributed by atoms with van der Waals surface area (Å²) >= 11 is 1.49. The molecule has 1 heterocycles. The van der Waals surface area contributed by atoms with Gasteiger partial charge in [-0.2, -0.15) is 0 Å². The van der Waals surface area contributed by atoms with Crippen molar-refractivity contribution < 1.29 is 4.79 Å². The zero-order valence-electron chi connectivity index (χ0n) is 8.69. The van der Waals surface area contributed by atoms with Crippen LogP contribution in [0.2, 0.25) is 0 Å². The summed E-state index contributed by atoms with van der Waals surface area (Å²) in [5, 5.41) is 0.650. The van der Waals surface area contributed by atoms with Crippen molar-refractivity contribution in [3.8, 4) is 0 Å².